The first-order chi connectivity index (χ1) is 16.4. The third kappa shape index (κ3) is 2.34. The van der Waals surface area contributed by atoms with E-state index in [2.05, 4.69) is 37.9 Å². The fraction of sp³-hybridized carbons (Fsp3) is 0.448. The number of benzene rings is 2. The van der Waals surface area contributed by atoms with Crippen LogP contribution in [0.4, 0.5) is 0 Å². The highest BCUT2D eigenvalue weighted by Gasteiger charge is 2.70. The van der Waals surface area contributed by atoms with Gasteiger partial charge < -0.3 is 14.7 Å². The Labute approximate surface area is 200 Å². The minimum absolute atomic E-state index is 0.127. The molecule has 1 saturated heterocycles. The van der Waals surface area contributed by atoms with Crippen LogP contribution in [0, 0.1) is 12.3 Å². The Balaban J connectivity index is 0.00000106. The SMILES string of the molecule is CC.Cc1ccc2c3c1OC1c4nc5ccccc5c(C(=O)O)c4C[C@@]4(C)[C@@H](C2)N(C)CC[C@]314. The zero-order valence-electron chi connectivity index (χ0n) is 20.6. The van der Waals surface area contributed by atoms with E-state index in [1.807, 2.05) is 38.1 Å². The van der Waals surface area contributed by atoms with E-state index in [0.717, 1.165) is 52.9 Å². The average molecular weight is 457 g/mol. The lowest BCUT2D eigenvalue weighted by Gasteiger charge is -2.64. The van der Waals surface area contributed by atoms with Gasteiger partial charge in [-0.15, -0.1) is 0 Å². The second-order valence-electron chi connectivity index (χ2n) is 10.4. The lowest BCUT2D eigenvalue weighted by atomic mass is 9.44. The van der Waals surface area contributed by atoms with Gasteiger partial charge in [-0.05, 0) is 62.5 Å². The fourth-order valence-electron chi connectivity index (χ4n) is 7.74. The normalized spacial score (nSPS) is 30.0. The van der Waals surface area contributed by atoms with Crippen LogP contribution >= 0.6 is 0 Å². The summed E-state index contributed by atoms with van der Waals surface area (Å²) in [5.74, 6) is 0.141. The number of aromatic carboxylic acids is 1. The Hall–Kier alpha value is -2.92. The Morgan fingerprint density at radius 1 is 1.21 bits per heavy atom. The number of fused-ring (bicyclic) bond motifs is 3. The first kappa shape index (κ1) is 21.6. The quantitative estimate of drug-likeness (QED) is 0.527. The molecule has 0 radical (unpaired) electrons. The summed E-state index contributed by atoms with van der Waals surface area (Å²) in [5, 5.41) is 11.0. The van der Waals surface area contributed by atoms with Crippen LogP contribution in [0.5, 0.6) is 5.75 Å². The third-order valence-electron chi connectivity index (χ3n) is 9.16. The number of aryl methyl sites for hydroxylation is 1. The minimum atomic E-state index is -0.874. The zero-order chi connectivity index (χ0) is 24.0. The molecule has 34 heavy (non-hydrogen) atoms. The number of carboxylic acids is 1. The number of hydrogen-bond donors (Lipinski definition) is 1. The van der Waals surface area contributed by atoms with Crippen LogP contribution in [0.15, 0.2) is 36.4 Å². The van der Waals surface area contributed by atoms with Crippen LogP contribution in [0.25, 0.3) is 10.9 Å². The highest BCUT2D eigenvalue weighted by atomic mass is 16.5. The second kappa shape index (κ2) is 7.05. The number of likely N-dealkylation sites (tertiary alicyclic amines) is 1. The minimum Gasteiger partial charge on any atom is -0.483 e. The van der Waals surface area contributed by atoms with Crippen molar-refractivity contribution in [2.24, 2.45) is 5.41 Å². The van der Waals surface area contributed by atoms with Gasteiger partial charge in [0.2, 0.25) is 0 Å². The molecular weight excluding hydrogens is 424 g/mol. The molecule has 1 N–H and O–H groups in total. The summed E-state index contributed by atoms with van der Waals surface area (Å²) >= 11 is 0. The molecule has 3 aromatic rings. The molecule has 1 fully saturated rings. The van der Waals surface area contributed by atoms with Crippen molar-refractivity contribution >= 4 is 16.9 Å². The van der Waals surface area contributed by atoms with Gasteiger partial charge in [0.25, 0.3) is 0 Å². The number of para-hydroxylation sites is 1. The van der Waals surface area contributed by atoms with Crippen molar-refractivity contribution in [3.63, 3.8) is 0 Å². The molecule has 1 unspecified atom stereocenters. The average Bonchev–Trinajstić information content (AvgIpc) is 3.18. The molecule has 4 aliphatic rings. The van der Waals surface area contributed by atoms with Crippen LogP contribution < -0.4 is 4.74 Å². The first-order valence-corrected chi connectivity index (χ1v) is 12.5. The molecule has 1 spiro atoms. The number of piperidine rings is 1. The van der Waals surface area contributed by atoms with Crippen molar-refractivity contribution in [3.8, 4) is 5.75 Å². The van der Waals surface area contributed by atoms with Crippen LogP contribution in [0.2, 0.25) is 0 Å². The summed E-state index contributed by atoms with van der Waals surface area (Å²) in [5.41, 5.74) is 6.49. The summed E-state index contributed by atoms with van der Waals surface area (Å²) in [4.78, 5) is 20.2. The number of aromatic nitrogens is 1. The van der Waals surface area contributed by atoms with E-state index >= 15 is 0 Å². The second-order valence-corrected chi connectivity index (χ2v) is 10.4. The topological polar surface area (TPSA) is 62.7 Å². The fourth-order valence-corrected chi connectivity index (χ4v) is 7.74. The van der Waals surface area contributed by atoms with Gasteiger partial charge in [-0.2, -0.15) is 0 Å². The van der Waals surface area contributed by atoms with Crippen molar-refractivity contribution in [3.05, 3.63) is 69.9 Å². The lowest BCUT2D eigenvalue weighted by molar-refractivity contribution is -0.0910. The Bertz CT molecular complexity index is 1370. The standard InChI is InChI=1S/C27H26N2O3.C2H6/c1-14-8-9-15-12-19-26(2)13-17-20(25(30)31)16-6-4-5-7-18(16)28-22(17)24-27(26,10-11-29(19)3)21(15)23(14)32-24;1-2/h4-9,19,24H,10-13H2,1-3H3,(H,30,31);1-2H3/t19-,24?,26+,27+;/m1./s1. The number of carboxylic acid groups (broad SMARTS) is 1. The van der Waals surface area contributed by atoms with Gasteiger partial charge in [0.1, 0.15) is 5.75 Å². The Kier molecular flexibility index (Phi) is 4.48. The molecule has 2 aliphatic carbocycles. The van der Waals surface area contributed by atoms with Crippen molar-refractivity contribution in [1.82, 2.24) is 9.88 Å². The maximum atomic E-state index is 12.6. The molecule has 3 heterocycles. The number of carbonyl (C=O) groups is 1. The summed E-state index contributed by atoms with van der Waals surface area (Å²) in [6.07, 6.45) is 2.45. The van der Waals surface area contributed by atoms with Gasteiger partial charge in [0.15, 0.2) is 6.10 Å². The number of hydrogen-bond acceptors (Lipinski definition) is 4. The molecule has 0 saturated carbocycles. The van der Waals surface area contributed by atoms with Crippen LogP contribution in [-0.2, 0) is 18.3 Å². The molecule has 4 atom stereocenters. The van der Waals surface area contributed by atoms with Crippen LogP contribution in [0.3, 0.4) is 0 Å². The summed E-state index contributed by atoms with van der Waals surface area (Å²) in [6, 6.07) is 12.4. The predicted molar refractivity (Wildman–Crippen MR) is 133 cm³/mol. The summed E-state index contributed by atoms with van der Waals surface area (Å²) in [6.45, 7) is 9.52. The number of likely N-dealkylation sites (N-methyl/N-ethyl adjacent to an activating group) is 1. The van der Waals surface area contributed by atoms with Gasteiger partial charge in [0, 0.05) is 22.4 Å². The highest BCUT2D eigenvalue weighted by Crippen LogP contribution is 2.71. The van der Waals surface area contributed by atoms with Crippen molar-refractivity contribution in [2.45, 2.75) is 64.5 Å². The predicted octanol–water partition coefficient (Wildman–Crippen LogP) is 5.46. The zero-order valence-corrected chi connectivity index (χ0v) is 20.6. The van der Waals surface area contributed by atoms with E-state index in [-0.39, 0.29) is 16.9 Å². The smallest absolute Gasteiger partial charge is 0.336 e. The van der Waals surface area contributed by atoms with Crippen LogP contribution in [0.1, 0.15) is 71.6 Å². The Morgan fingerprint density at radius 3 is 2.74 bits per heavy atom. The largest absolute Gasteiger partial charge is 0.483 e. The van der Waals surface area contributed by atoms with Gasteiger partial charge in [-0.25, -0.2) is 9.78 Å². The molecule has 5 heteroatoms. The Morgan fingerprint density at radius 2 is 1.97 bits per heavy atom. The van der Waals surface area contributed by atoms with E-state index in [1.54, 1.807) is 0 Å². The molecule has 176 valence electrons. The van der Waals surface area contributed by atoms with Gasteiger partial charge in [-0.1, -0.05) is 51.1 Å². The molecule has 2 bridgehead atoms. The molecule has 7 rings (SSSR count). The third-order valence-corrected chi connectivity index (χ3v) is 9.16. The van der Waals surface area contributed by atoms with Gasteiger partial charge in [-0.3, -0.25) is 0 Å². The van der Waals surface area contributed by atoms with E-state index in [4.69, 9.17) is 9.72 Å². The maximum absolute atomic E-state index is 12.6. The monoisotopic (exact) mass is 456 g/mol. The van der Waals surface area contributed by atoms with E-state index in [0.29, 0.717) is 18.0 Å². The number of rotatable bonds is 1. The lowest BCUT2D eigenvalue weighted by Crippen LogP contribution is -2.68. The first-order valence-electron chi connectivity index (χ1n) is 12.5. The number of pyridine rings is 1. The van der Waals surface area contributed by atoms with Gasteiger partial charge >= 0.3 is 5.97 Å². The summed E-state index contributed by atoms with van der Waals surface area (Å²) in [7, 11) is 2.22. The maximum Gasteiger partial charge on any atom is 0.336 e. The molecule has 2 aromatic carbocycles. The molecule has 2 aliphatic heterocycles. The molecule has 5 nitrogen and oxygen atoms in total. The molecule has 0 amide bonds. The van der Waals surface area contributed by atoms with Gasteiger partial charge in [0.05, 0.1) is 22.2 Å². The molecule has 1 aromatic heterocycles. The van der Waals surface area contributed by atoms with Crippen molar-refractivity contribution < 1.29 is 14.6 Å². The van der Waals surface area contributed by atoms with E-state index in [9.17, 15) is 9.90 Å². The van der Waals surface area contributed by atoms with Crippen molar-refractivity contribution in [2.75, 3.05) is 13.6 Å². The van der Waals surface area contributed by atoms with Crippen molar-refractivity contribution in [1.29, 1.82) is 0 Å². The van der Waals surface area contributed by atoms with E-state index < -0.39 is 5.97 Å². The number of ether oxygens (including phenoxy) is 1. The summed E-state index contributed by atoms with van der Waals surface area (Å²) < 4.78 is 6.85. The number of nitrogens with zero attached hydrogens (tertiary/aromatic N) is 2. The van der Waals surface area contributed by atoms with E-state index in [1.165, 1.54) is 11.1 Å². The molecular formula is C29H32N2O3. The van der Waals surface area contributed by atoms with Crippen LogP contribution in [-0.4, -0.2) is 40.6 Å². The highest BCUT2D eigenvalue weighted by molar-refractivity contribution is 6.04.